The molecule has 0 radical (unpaired) electrons. The summed E-state index contributed by atoms with van der Waals surface area (Å²) in [6, 6.07) is -0.430. The van der Waals surface area contributed by atoms with Crippen LogP contribution < -0.4 is 21.5 Å². The third kappa shape index (κ3) is 2.80. The number of rotatable bonds is 4. The van der Waals surface area contributed by atoms with Gasteiger partial charge in [-0.25, -0.2) is 15.8 Å². The van der Waals surface area contributed by atoms with Crippen molar-refractivity contribution in [1.29, 1.82) is 0 Å². The zero-order chi connectivity index (χ0) is 15.6. The lowest BCUT2D eigenvalue weighted by atomic mass is 10.0. The first-order chi connectivity index (χ1) is 9.99. The van der Waals surface area contributed by atoms with E-state index in [0.29, 0.717) is 18.1 Å². The van der Waals surface area contributed by atoms with Gasteiger partial charge in [0.15, 0.2) is 0 Å². The fourth-order valence-electron chi connectivity index (χ4n) is 2.56. The number of nitrogens with zero attached hydrogens (tertiary/aromatic N) is 3. The highest BCUT2D eigenvalue weighted by Crippen LogP contribution is 2.32. The fraction of sp³-hybridized carbons (Fsp3) is 0.538. The van der Waals surface area contributed by atoms with Gasteiger partial charge in [-0.3, -0.25) is 14.9 Å². The number of hydrazine groups is 1. The van der Waals surface area contributed by atoms with E-state index in [1.807, 2.05) is 20.8 Å². The van der Waals surface area contributed by atoms with Gasteiger partial charge in [0.1, 0.15) is 24.0 Å². The number of anilines is 2. The van der Waals surface area contributed by atoms with Crippen LogP contribution in [0.1, 0.15) is 38.7 Å². The normalized spacial score (nSPS) is 18.9. The highest BCUT2D eigenvalue weighted by Gasteiger charge is 2.35. The number of carbonyl (C=O) groups excluding carboxylic acids is 2. The second-order valence-corrected chi connectivity index (χ2v) is 5.22. The average Bonchev–Trinajstić information content (AvgIpc) is 2.45. The molecule has 2 rings (SSSR count). The molecule has 0 spiro atoms. The van der Waals surface area contributed by atoms with Gasteiger partial charge in [0, 0.05) is 5.56 Å². The number of hydrogen-bond acceptors (Lipinski definition) is 7. The Hall–Kier alpha value is -2.22. The molecule has 0 aliphatic carbocycles. The molecule has 1 unspecified atom stereocenters. The van der Waals surface area contributed by atoms with Crippen molar-refractivity contribution in [1.82, 2.24) is 15.3 Å². The molecular weight excluding hydrogens is 272 g/mol. The Morgan fingerprint density at radius 1 is 1.48 bits per heavy atom. The Morgan fingerprint density at radius 2 is 2.19 bits per heavy atom. The maximum absolute atomic E-state index is 12.0. The van der Waals surface area contributed by atoms with E-state index in [2.05, 4.69) is 20.7 Å². The molecule has 1 atom stereocenters. The molecule has 8 heteroatoms. The standard InChI is InChI=1S/C13H20N6O2/c1-4-8-13(21)17-9(20)5-19(8)12-10(7(2)3)11(18-14)15-6-16-12/h6-8H,4-5,14H2,1-3H3,(H,15,16,18)(H,17,20,21). The molecule has 0 aromatic carbocycles. The molecule has 2 heterocycles. The van der Waals surface area contributed by atoms with Gasteiger partial charge < -0.3 is 10.3 Å². The second-order valence-electron chi connectivity index (χ2n) is 5.22. The number of piperazine rings is 1. The number of aromatic nitrogens is 2. The Balaban J connectivity index is 2.53. The largest absolute Gasteiger partial charge is 0.335 e. The molecule has 1 aliphatic rings. The maximum atomic E-state index is 12.0. The summed E-state index contributed by atoms with van der Waals surface area (Å²) in [5.74, 6) is 6.03. The highest BCUT2D eigenvalue weighted by molar-refractivity contribution is 6.04. The van der Waals surface area contributed by atoms with Gasteiger partial charge in [0.2, 0.25) is 11.8 Å². The minimum Gasteiger partial charge on any atom is -0.335 e. The summed E-state index contributed by atoms with van der Waals surface area (Å²) in [6.07, 6.45) is 1.95. The molecule has 21 heavy (non-hydrogen) atoms. The van der Waals surface area contributed by atoms with Crippen LogP contribution in [0.5, 0.6) is 0 Å². The summed E-state index contributed by atoms with van der Waals surface area (Å²) < 4.78 is 0. The molecule has 2 amide bonds. The monoisotopic (exact) mass is 292 g/mol. The van der Waals surface area contributed by atoms with E-state index in [1.165, 1.54) is 6.33 Å². The van der Waals surface area contributed by atoms with E-state index in [1.54, 1.807) is 4.90 Å². The minimum atomic E-state index is -0.430. The summed E-state index contributed by atoms with van der Waals surface area (Å²) >= 11 is 0. The van der Waals surface area contributed by atoms with Crippen LogP contribution in [0.3, 0.4) is 0 Å². The van der Waals surface area contributed by atoms with Crippen molar-refractivity contribution in [2.24, 2.45) is 5.84 Å². The van der Waals surface area contributed by atoms with Gasteiger partial charge in [0.25, 0.3) is 0 Å². The van der Waals surface area contributed by atoms with Crippen LogP contribution in [0, 0.1) is 0 Å². The minimum absolute atomic E-state index is 0.0878. The number of nitrogens with two attached hydrogens (primary N) is 1. The summed E-state index contributed by atoms with van der Waals surface area (Å²) in [5, 5.41) is 2.35. The van der Waals surface area contributed by atoms with Crippen LogP contribution in [-0.2, 0) is 9.59 Å². The van der Waals surface area contributed by atoms with Crippen molar-refractivity contribution in [2.45, 2.75) is 39.2 Å². The summed E-state index contributed by atoms with van der Waals surface area (Å²) in [6.45, 7) is 5.95. The molecule has 1 aliphatic heterocycles. The van der Waals surface area contributed by atoms with E-state index in [9.17, 15) is 9.59 Å². The van der Waals surface area contributed by atoms with E-state index in [4.69, 9.17) is 5.84 Å². The van der Waals surface area contributed by atoms with Crippen LogP contribution >= 0.6 is 0 Å². The van der Waals surface area contributed by atoms with E-state index >= 15 is 0 Å². The topological polar surface area (TPSA) is 113 Å². The first-order valence-corrected chi connectivity index (χ1v) is 6.91. The highest BCUT2D eigenvalue weighted by atomic mass is 16.2. The predicted octanol–water partition coefficient (Wildman–Crippen LogP) is 0.127. The predicted molar refractivity (Wildman–Crippen MR) is 78.5 cm³/mol. The van der Waals surface area contributed by atoms with E-state index in [0.717, 1.165) is 5.56 Å². The molecule has 114 valence electrons. The average molecular weight is 292 g/mol. The molecule has 8 nitrogen and oxygen atoms in total. The SMILES string of the molecule is CCC1C(=O)NC(=O)CN1c1ncnc(NN)c1C(C)C. The smallest absolute Gasteiger partial charge is 0.249 e. The van der Waals surface area contributed by atoms with Gasteiger partial charge in [-0.05, 0) is 12.3 Å². The second kappa shape index (κ2) is 6.04. The Morgan fingerprint density at radius 3 is 2.76 bits per heavy atom. The lowest BCUT2D eigenvalue weighted by molar-refractivity contribution is -0.132. The zero-order valence-electron chi connectivity index (χ0n) is 12.4. The molecule has 1 aromatic heterocycles. The summed E-state index contributed by atoms with van der Waals surface area (Å²) in [5.41, 5.74) is 3.34. The van der Waals surface area contributed by atoms with Gasteiger partial charge in [-0.2, -0.15) is 0 Å². The fourth-order valence-corrected chi connectivity index (χ4v) is 2.56. The van der Waals surface area contributed by atoms with Gasteiger partial charge >= 0.3 is 0 Å². The van der Waals surface area contributed by atoms with Crippen molar-refractivity contribution in [3.05, 3.63) is 11.9 Å². The van der Waals surface area contributed by atoms with Crippen molar-refractivity contribution in [3.8, 4) is 0 Å². The lowest BCUT2D eigenvalue weighted by Crippen LogP contribution is -2.58. The van der Waals surface area contributed by atoms with Crippen LogP contribution in [0.2, 0.25) is 0 Å². The first kappa shape index (κ1) is 15.2. The third-order valence-corrected chi connectivity index (χ3v) is 3.49. The van der Waals surface area contributed by atoms with Gasteiger partial charge in [0.05, 0.1) is 6.54 Å². The number of hydrogen-bond donors (Lipinski definition) is 3. The zero-order valence-corrected chi connectivity index (χ0v) is 12.4. The van der Waals surface area contributed by atoms with E-state index in [-0.39, 0.29) is 24.3 Å². The van der Waals surface area contributed by atoms with Crippen molar-refractivity contribution >= 4 is 23.5 Å². The molecule has 1 saturated heterocycles. The quantitative estimate of drug-likeness (QED) is 0.410. The van der Waals surface area contributed by atoms with Crippen LogP contribution in [0.15, 0.2) is 6.33 Å². The number of imide groups is 1. The molecule has 1 fully saturated rings. The Labute approximate surface area is 123 Å². The van der Waals surface area contributed by atoms with Crippen molar-refractivity contribution < 1.29 is 9.59 Å². The number of carbonyl (C=O) groups is 2. The number of nitrogen functional groups attached to an aromatic ring is 1. The van der Waals surface area contributed by atoms with Gasteiger partial charge in [-0.1, -0.05) is 20.8 Å². The maximum Gasteiger partial charge on any atom is 0.249 e. The van der Waals surface area contributed by atoms with Crippen LogP contribution in [0.25, 0.3) is 0 Å². The van der Waals surface area contributed by atoms with E-state index < -0.39 is 6.04 Å². The van der Waals surface area contributed by atoms with Crippen LogP contribution in [-0.4, -0.2) is 34.4 Å². The molecular formula is C13H20N6O2. The molecule has 1 aromatic rings. The van der Waals surface area contributed by atoms with Crippen molar-refractivity contribution in [3.63, 3.8) is 0 Å². The Bertz CT molecular complexity index is 560. The first-order valence-electron chi connectivity index (χ1n) is 6.91. The van der Waals surface area contributed by atoms with Gasteiger partial charge in [-0.15, -0.1) is 0 Å². The number of amides is 2. The molecule has 4 N–H and O–H groups in total. The third-order valence-electron chi connectivity index (χ3n) is 3.49. The molecule has 0 saturated carbocycles. The number of nitrogens with one attached hydrogen (secondary N) is 2. The molecule has 0 bridgehead atoms. The summed E-state index contributed by atoms with van der Waals surface area (Å²) in [4.78, 5) is 33.8. The van der Waals surface area contributed by atoms with Crippen molar-refractivity contribution in [2.75, 3.05) is 16.9 Å². The lowest BCUT2D eigenvalue weighted by Gasteiger charge is -2.36. The van der Waals surface area contributed by atoms with Crippen LogP contribution in [0.4, 0.5) is 11.6 Å². The Kier molecular flexibility index (Phi) is 4.37. The summed E-state index contributed by atoms with van der Waals surface area (Å²) in [7, 11) is 0.